The maximum atomic E-state index is 11.8. The SMILES string of the molecule is CCCS(=O)(=O)N1CCC(OCCCN)CC1. The first-order chi connectivity index (χ1) is 8.10. The summed E-state index contributed by atoms with van der Waals surface area (Å²) in [5.74, 6) is 0.256. The lowest BCUT2D eigenvalue weighted by atomic mass is 10.1. The van der Waals surface area contributed by atoms with Gasteiger partial charge in [-0.25, -0.2) is 12.7 Å². The molecule has 1 heterocycles. The molecule has 2 N–H and O–H groups in total. The highest BCUT2D eigenvalue weighted by Crippen LogP contribution is 2.17. The number of sulfonamides is 1. The summed E-state index contributed by atoms with van der Waals surface area (Å²) >= 11 is 0. The standard InChI is InChI=1S/C11H24N2O3S/c1-2-10-17(14,15)13-7-4-11(5-8-13)16-9-3-6-12/h11H,2-10,12H2,1H3. The Morgan fingerprint density at radius 1 is 1.35 bits per heavy atom. The van der Waals surface area contributed by atoms with Crippen molar-refractivity contribution >= 4 is 10.0 Å². The third kappa shape index (κ3) is 4.91. The zero-order valence-corrected chi connectivity index (χ0v) is 11.4. The fraction of sp³-hybridized carbons (Fsp3) is 1.00. The molecule has 0 radical (unpaired) electrons. The minimum Gasteiger partial charge on any atom is -0.378 e. The molecule has 102 valence electrons. The van der Waals surface area contributed by atoms with E-state index in [-0.39, 0.29) is 11.9 Å². The summed E-state index contributed by atoms with van der Waals surface area (Å²) in [4.78, 5) is 0. The fourth-order valence-corrected chi connectivity index (χ4v) is 3.54. The number of ether oxygens (including phenoxy) is 1. The number of hydrogen-bond donors (Lipinski definition) is 1. The Hall–Kier alpha value is -0.170. The molecule has 0 unspecified atom stereocenters. The van der Waals surface area contributed by atoms with Gasteiger partial charge in [-0.15, -0.1) is 0 Å². The Morgan fingerprint density at radius 3 is 2.53 bits per heavy atom. The van der Waals surface area contributed by atoms with Crippen molar-refractivity contribution < 1.29 is 13.2 Å². The molecular weight excluding hydrogens is 240 g/mol. The van der Waals surface area contributed by atoms with Gasteiger partial charge in [0.15, 0.2) is 0 Å². The Bertz CT molecular complexity index is 298. The maximum Gasteiger partial charge on any atom is 0.214 e. The van der Waals surface area contributed by atoms with Crippen LogP contribution in [0.4, 0.5) is 0 Å². The lowest BCUT2D eigenvalue weighted by Crippen LogP contribution is -2.41. The first kappa shape index (κ1) is 14.9. The van der Waals surface area contributed by atoms with Gasteiger partial charge in [0.2, 0.25) is 10.0 Å². The van der Waals surface area contributed by atoms with Crippen LogP contribution in [0.25, 0.3) is 0 Å². The van der Waals surface area contributed by atoms with E-state index in [2.05, 4.69) is 0 Å². The summed E-state index contributed by atoms with van der Waals surface area (Å²) in [6.07, 6.45) is 3.35. The van der Waals surface area contributed by atoms with Gasteiger partial charge in [-0.1, -0.05) is 6.92 Å². The van der Waals surface area contributed by atoms with Crippen molar-refractivity contribution in [3.05, 3.63) is 0 Å². The number of rotatable bonds is 7. The molecule has 1 aliphatic heterocycles. The van der Waals surface area contributed by atoms with Gasteiger partial charge >= 0.3 is 0 Å². The number of nitrogens with two attached hydrogens (primary N) is 1. The van der Waals surface area contributed by atoms with Gasteiger partial charge < -0.3 is 10.5 Å². The molecule has 0 saturated carbocycles. The molecule has 0 aromatic carbocycles. The molecule has 0 amide bonds. The molecule has 0 bridgehead atoms. The molecule has 0 atom stereocenters. The monoisotopic (exact) mass is 264 g/mol. The van der Waals surface area contributed by atoms with Crippen LogP contribution in [0.1, 0.15) is 32.6 Å². The second kappa shape index (κ2) is 7.31. The number of hydrogen-bond acceptors (Lipinski definition) is 4. The van der Waals surface area contributed by atoms with Crippen LogP contribution in [0.2, 0.25) is 0 Å². The average Bonchev–Trinajstić information content (AvgIpc) is 2.30. The quantitative estimate of drug-likeness (QED) is 0.682. The zero-order valence-electron chi connectivity index (χ0n) is 10.6. The first-order valence-corrected chi connectivity index (χ1v) is 8.00. The van der Waals surface area contributed by atoms with Gasteiger partial charge in [0, 0.05) is 19.7 Å². The summed E-state index contributed by atoms with van der Waals surface area (Å²) in [5.41, 5.74) is 5.39. The first-order valence-electron chi connectivity index (χ1n) is 6.39. The second-order valence-electron chi connectivity index (χ2n) is 4.43. The highest BCUT2D eigenvalue weighted by atomic mass is 32.2. The molecule has 0 aromatic heterocycles. The molecule has 1 aliphatic rings. The highest BCUT2D eigenvalue weighted by Gasteiger charge is 2.27. The van der Waals surface area contributed by atoms with Crippen LogP contribution in [0, 0.1) is 0 Å². The van der Waals surface area contributed by atoms with E-state index in [1.54, 1.807) is 4.31 Å². The van der Waals surface area contributed by atoms with Gasteiger partial charge in [0.05, 0.1) is 11.9 Å². The third-order valence-electron chi connectivity index (χ3n) is 2.96. The van der Waals surface area contributed by atoms with Gasteiger partial charge in [-0.2, -0.15) is 0 Å². The molecule has 1 saturated heterocycles. The van der Waals surface area contributed by atoms with E-state index in [9.17, 15) is 8.42 Å². The molecule has 5 nitrogen and oxygen atoms in total. The summed E-state index contributed by atoms with van der Waals surface area (Å²) in [5, 5.41) is 0. The average molecular weight is 264 g/mol. The minimum atomic E-state index is -3.02. The number of nitrogens with zero attached hydrogens (tertiary/aromatic N) is 1. The molecular formula is C11H24N2O3S. The van der Waals surface area contributed by atoms with E-state index in [1.165, 1.54) is 0 Å². The van der Waals surface area contributed by atoms with E-state index in [0.717, 1.165) is 19.3 Å². The van der Waals surface area contributed by atoms with Gasteiger partial charge in [-0.3, -0.25) is 0 Å². The molecule has 0 aromatic rings. The third-order valence-corrected chi connectivity index (χ3v) is 5.03. The summed E-state index contributed by atoms with van der Waals surface area (Å²) < 4.78 is 30.9. The zero-order chi connectivity index (χ0) is 12.7. The van der Waals surface area contributed by atoms with Gasteiger partial charge in [0.1, 0.15) is 0 Å². The van der Waals surface area contributed by atoms with E-state index >= 15 is 0 Å². The molecule has 17 heavy (non-hydrogen) atoms. The second-order valence-corrected chi connectivity index (χ2v) is 6.52. The van der Waals surface area contributed by atoms with E-state index < -0.39 is 10.0 Å². The highest BCUT2D eigenvalue weighted by molar-refractivity contribution is 7.89. The van der Waals surface area contributed by atoms with E-state index in [0.29, 0.717) is 32.7 Å². The van der Waals surface area contributed by atoms with Crippen molar-refractivity contribution in [1.82, 2.24) is 4.31 Å². The predicted molar refractivity (Wildman–Crippen MR) is 68.3 cm³/mol. The fourth-order valence-electron chi connectivity index (χ4n) is 2.00. The molecule has 1 rings (SSSR count). The predicted octanol–water partition coefficient (Wildman–Crippen LogP) is 0.556. The lowest BCUT2D eigenvalue weighted by molar-refractivity contribution is 0.0209. The molecule has 0 spiro atoms. The maximum absolute atomic E-state index is 11.8. The Kier molecular flexibility index (Phi) is 6.40. The van der Waals surface area contributed by atoms with Crippen LogP contribution >= 0.6 is 0 Å². The van der Waals surface area contributed by atoms with Crippen LogP contribution in [0.3, 0.4) is 0 Å². The van der Waals surface area contributed by atoms with Crippen LogP contribution in [-0.4, -0.2) is 50.8 Å². The Labute approximate surface area is 104 Å². The normalized spacial score (nSPS) is 19.6. The van der Waals surface area contributed by atoms with Crippen molar-refractivity contribution in [1.29, 1.82) is 0 Å². The summed E-state index contributed by atoms with van der Waals surface area (Å²) in [7, 11) is -3.02. The van der Waals surface area contributed by atoms with Crippen LogP contribution in [0.15, 0.2) is 0 Å². The Balaban J connectivity index is 2.30. The summed E-state index contributed by atoms with van der Waals surface area (Å²) in [6, 6.07) is 0. The van der Waals surface area contributed by atoms with Crippen LogP contribution in [-0.2, 0) is 14.8 Å². The van der Waals surface area contributed by atoms with Crippen LogP contribution in [0.5, 0.6) is 0 Å². The van der Waals surface area contributed by atoms with Gasteiger partial charge in [0.25, 0.3) is 0 Å². The van der Waals surface area contributed by atoms with E-state index in [1.807, 2.05) is 6.92 Å². The van der Waals surface area contributed by atoms with Crippen LogP contribution < -0.4 is 5.73 Å². The molecule has 1 fully saturated rings. The van der Waals surface area contributed by atoms with Crippen molar-refractivity contribution in [3.63, 3.8) is 0 Å². The topological polar surface area (TPSA) is 72.6 Å². The molecule has 0 aliphatic carbocycles. The lowest BCUT2D eigenvalue weighted by Gasteiger charge is -2.31. The van der Waals surface area contributed by atoms with E-state index in [4.69, 9.17) is 10.5 Å². The summed E-state index contributed by atoms with van der Waals surface area (Å²) in [6.45, 7) is 4.40. The molecule has 6 heteroatoms. The largest absolute Gasteiger partial charge is 0.378 e. The Morgan fingerprint density at radius 2 is 2.00 bits per heavy atom. The van der Waals surface area contributed by atoms with Crippen molar-refractivity contribution in [2.45, 2.75) is 38.7 Å². The smallest absolute Gasteiger partial charge is 0.214 e. The number of piperidine rings is 1. The minimum absolute atomic E-state index is 0.203. The van der Waals surface area contributed by atoms with Gasteiger partial charge in [-0.05, 0) is 32.2 Å². The van der Waals surface area contributed by atoms with Crippen molar-refractivity contribution in [3.8, 4) is 0 Å². The van der Waals surface area contributed by atoms with Crippen molar-refractivity contribution in [2.24, 2.45) is 5.73 Å². The van der Waals surface area contributed by atoms with Crippen molar-refractivity contribution in [2.75, 3.05) is 32.0 Å².